The highest BCUT2D eigenvalue weighted by atomic mass is 17.3. The van der Waals surface area contributed by atoms with E-state index in [2.05, 4.69) is 9.88 Å². The lowest BCUT2D eigenvalue weighted by Crippen LogP contribution is -2.03. The Kier molecular flexibility index (Phi) is 0.694. The van der Waals surface area contributed by atoms with E-state index in [9.17, 15) is 0 Å². The highest BCUT2D eigenvalue weighted by molar-refractivity contribution is 4.86. The van der Waals surface area contributed by atoms with E-state index >= 15 is 0 Å². The molecule has 3 N–H and O–H groups in total. The summed E-state index contributed by atoms with van der Waals surface area (Å²) in [5.74, 6) is -1.17. The molecule has 7 heavy (non-hydrogen) atoms. The fraction of sp³-hybridized carbons (Fsp3) is 0. The summed E-state index contributed by atoms with van der Waals surface area (Å²) in [6.45, 7) is 0. The minimum absolute atomic E-state index is 0.514. The molecular weight excluding hydrogens is 102 g/mol. The molecule has 0 bridgehead atoms. The van der Waals surface area contributed by atoms with Crippen LogP contribution >= 0.6 is 0 Å². The van der Waals surface area contributed by atoms with Gasteiger partial charge in [-0.25, -0.2) is 0 Å². The SMILES string of the molecule is OC1=C(O)OON1. The second kappa shape index (κ2) is 1.19. The third kappa shape index (κ3) is 0.520. The molecule has 1 heterocycles. The number of hydrogen-bond acceptors (Lipinski definition) is 5. The standard InChI is InChI=1S/C2H3NO4/c4-1-2(5)6-7-3-1/h3-5H. The minimum atomic E-state index is -0.653. The second-order valence-corrected chi connectivity index (χ2v) is 0.922. The van der Waals surface area contributed by atoms with Crippen LogP contribution in [-0.4, -0.2) is 10.2 Å². The normalized spacial score (nSPS) is 18.9. The number of rotatable bonds is 0. The molecule has 0 saturated carbocycles. The first-order valence-corrected chi connectivity index (χ1v) is 1.52. The van der Waals surface area contributed by atoms with Crippen LogP contribution in [0.1, 0.15) is 0 Å². The predicted octanol–water partition coefficient (Wildman–Crippen LogP) is -0.305. The predicted molar refractivity (Wildman–Crippen MR) is 17.6 cm³/mol. The third-order valence-corrected chi connectivity index (χ3v) is 0.462. The van der Waals surface area contributed by atoms with Gasteiger partial charge in [0.1, 0.15) is 0 Å². The lowest BCUT2D eigenvalue weighted by Gasteiger charge is -1.83. The summed E-state index contributed by atoms with van der Waals surface area (Å²) in [7, 11) is 0. The molecule has 0 atom stereocenters. The zero-order valence-corrected chi connectivity index (χ0v) is 3.21. The van der Waals surface area contributed by atoms with Crippen molar-refractivity contribution in [1.82, 2.24) is 5.48 Å². The maximum atomic E-state index is 8.27. The zero-order valence-electron chi connectivity index (χ0n) is 3.21. The largest absolute Gasteiger partial charge is 0.488 e. The van der Waals surface area contributed by atoms with E-state index in [1.165, 1.54) is 0 Å². The van der Waals surface area contributed by atoms with Gasteiger partial charge in [0.15, 0.2) is 0 Å². The summed E-state index contributed by atoms with van der Waals surface area (Å²) in [6, 6.07) is 0. The van der Waals surface area contributed by atoms with Gasteiger partial charge in [-0.1, -0.05) is 4.99 Å². The quantitative estimate of drug-likeness (QED) is 0.369. The first-order valence-electron chi connectivity index (χ1n) is 1.52. The lowest BCUT2D eigenvalue weighted by molar-refractivity contribution is -0.295. The maximum absolute atomic E-state index is 8.27. The molecule has 0 aliphatic carbocycles. The van der Waals surface area contributed by atoms with Crippen LogP contribution in [0.3, 0.4) is 0 Å². The van der Waals surface area contributed by atoms with Gasteiger partial charge in [0.2, 0.25) is 0 Å². The second-order valence-electron chi connectivity index (χ2n) is 0.922. The maximum Gasteiger partial charge on any atom is 0.380 e. The monoisotopic (exact) mass is 105 g/mol. The van der Waals surface area contributed by atoms with Crippen molar-refractivity contribution < 1.29 is 20.1 Å². The Bertz CT molecular complexity index is 96.3. The molecule has 40 valence electrons. The molecule has 0 unspecified atom stereocenters. The molecule has 0 fully saturated rings. The van der Waals surface area contributed by atoms with Crippen LogP contribution in [0.5, 0.6) is 0 Å². The Morgan fingerprint density at radius 3 is 2.29 bits per heavy atom. The van der Waals surface area contributed by atoms with E-state index in [-0.39, 0.29) is 0 Å². The van der Waals surface area contributed by atoms with Gasteiger partial charge >= 0.3 is 5.95 Å². The molecule has 0 aromatic heterocycles. The Hall–Kier alpha value is -1.10. The molecule has 5 heteroatoms. The van der Waals surface area contributed by atoms with Gasteiger partial charge in [-0.3, -0.25) is 4.89 Å². The molecule has 0 saturated heterocycles. The number of aliphatic hydroxyl groups excluding tert-OH is 2. The number of aliphatic hydroxyl groups is 2. The molecule has 0 aromatic rings. The highest BCUT2D eigenvalue weighted by Gasteiger charge is 2.13. The average Bonchev–Trinajstić information content (AvgIpc) is 1.91. The van der Waals surface area contributed by atoms with E-state index in [0.717, 1.165) is 0 Å². The van der Waals surface area contributed by atoms with Crippen molar-refractivity contribution >= 4 is 0 Å². The summed E-state index contributed by atoms with van der Waals surface area (Å²) in [5, 5.41) is 16.5. The van der Waals surface area contributed by atoms with Crippen LogP contribution in [0.4, 0.5) is 0 Å². The fourth-order valence-corrected chi connectivity index (χ4v) is 0.183. The zero-order chi connectivity index (χ0) is 5.28. The Morgan fingerprint density at radius 2 is 2.14 bits per heavy atom. The van der Waals surface area contributed by atoms with E-state index < -0.39 is 11.8 Å². The van der Waals surface area contributed by atoms with Crippen molar-refractivity contribution in [2.24, 2.45) is 0 Å². The summed E-state index contributed by atoms with van der Waals surface area (Å²) >= 11 is 0. The fourth-order valence-electron chi connectivity index (χ4n) is 0.183. The van der Waals surface area contributed by atoms with Crippen LogP contribution in [-0.2, 0) is 9.88 Å². The minimum Gasteiger partial charge on any atom is -0.488 e. The molecule has 0 aromatic carbocycles. The van der Waals surface area contributed by atoms with Crippen molar-refractivity contribution in [3.63, 3.8) is 0 Å². The number of hydroxylamine groups is 1. The van der Waals surface area contributed by atoms with Crippen molar-refractivity contribution in [2.45, 2.75) is 0 Å². The molecule has 0 amide bonds. The van der Waals surface area contributed by atoms with Gasteiger partial charge in [0.05, 0.1) is 0 Å². The summed E-state index contributed by atoms with van der Waals surface area (Å²) in [6.07, 6.45) is 0. The van der Waals surface area contributed by atoms with Gasteiger partial charge in [-0.15, -0.1) is 0 Å². The van der Waals surface area contributed by atoms with Gasteiger partial charge in [0, 0.05) is 0 Å². The van der Waals surface area contributed by atoms with Crippen LogP contribution in [0.2, 0.25) is 0 Å². The lowest BCUT2D eigenvalue weighted by atomic mass is 10.9. The van der Waals surface area contributed by atoms with Crippen molar-refractivity contribution in [3.05, 3.63) is 11.8 Å². The molecule has 1 rings (SSSR count). The molecule has 0 radical (unpaired) electrons. The van der Waals surface area contributed by atoms with Crippen LogP contribution < -0.4 is 5.48 Å². The van der Waals surface area contributed by atoms with E-state index in [1.54, 1.807) is 0 Å². The van der Waals surface area contributed by atoms with Gasteiger partial charge in [0.25, 0.3) is 5.88 Å². The summed E-state index contributed by atoms with van der Waals surface area (Å²) < 4.78 is 0. The first kappa shape index (κ1) is 4.07. The average molecular weight is 105 g/mol. The molecule has 1 aliphatic heterocycles. The topological polar surface area (TPSA) is 71.0 Å². The van der Waals surface area contributed by atoms with E-state index in [4.69, 9.17) is 10.2 Å². The number of nitrogens with one attached hydrogen (secondary N) is 1. The Morgan fingerprint density at radius 1 is 1.43 bits per heavy atom. The Balaban J connectivity index is 2.64. The van der Waals surface area contributed by atoms with Gasteiger partial charge in [-0.05, 0) is 0 Å². The van der Waals surface area contributed by atoms with Crippen molar-refractivity contribution in [1.29, 1.82) is 0 Å². The van der Waals surface area contributed by atoms with E-state index in [0.29, 0.717) is 0 Å². The van der Waals surface area contributed by atoms with E-state index in [1.807, 2.05) is 5.48 Å². The van der Waals surface area contributed by atoms with Gasteiger partial charge in [-0.2, -0.15) is 5.48 Å². The van der Waals surface area contributed by atoms with Crippen LogP contribution in [0.25, 0.3) is 0 Å². The molecule has 1 aliphatic rings. The summed E-state index contributed by atoms with van der Waals surface area (Å²) in [4.78, 5) is 7.68. The van der Waals surface area contributed by atoms with Crippen molar-refractivity contribution in [2.75, 3.05) is 0 Å². The molecule has 5 nitrogen and oxygen atoms in total. The smallest absolute Gasteiger partial charge is 0.380 e. The van der Waals surface area contributed by atoms with Crippen LogP contribution in [0, 0.1) is 0 Å². The van der Waals surface area contributed by atoms with Crippen molar-refractivity contribution in [3.8, 4) is 0 Å². The molecule has 0 spiro atoms. The number of hydrogen-bond donors (Lipinski definition) is 3. The first-order chi connectivity index (χ1) is 3.30. The Labute approximate surface area is 38.7 Å². The molecular formula is C2H3NO4. The highest BCUT2D eigenvalue weighted by Crippen LogP contribution is 2.02. The van der Waals surface area contributed by atoms with Crippen LogP contribution in [0.15, 0.2) is 11.8 Å². The summed E-state index contributed by atoms with van der Waals surface area (Å²) in [5.41, 5.74) is 1.83. The van der Waals surface area contributed by atoms with Gasteiger partial charge < -0.3 is 10.2 Å². The third-order valence-electron chi connectivity index (χ3n) is 0.462.